The highest BCUT2D eigenvalue weighted by molar-refractivity contribution is 5.69. The van der Waals surface area contributed by atoms with Crippen LogP contribution in [0.1, 0.15) is 36.8 Å². The number of rotatable bonds is 6. The molecule has 37 heavy (non-hydrogen) atoms. The second-order valence-corrected chi connectivity index (χ2v) is 10.7. The Morgan fingerprint density at radius 1 is 1.00 bits per heavy atom. The zero-order valence-electron chi connectivity index (χ0n) is 21.6. The van der Waals surface area contributed by atoms with Gasteiger partial charge in [0.25, 0.3) is 0 Å². The molecule has 7 nitrogen and oxygen atoms in total. The summed E-state index contributed by atoms with van der Waals surface area (Å²) in [6, 6.07) is 22.7. The number of methoxy groups -OCH3 is 1. The van der Waals surface area contributed by atoms with Crippen molar-refractivity contribution in [1.82, 2.24) is 9.80 Å². The molecule has 3 aliphatic heterocycles. The fourth-order valence-corrected chi connectivity index (χ4v) is 6.80. The van der Waals surface area contributed by atoms with E-state index in [1.807, 2.05) is 42.5 Å². The molecule has 3 fully saturated rings. The average Bonchev–Trinajstić information content (AvgIpc) is 3.43. The number of hydrogen-bond acceptors (Lipinski definition) is 6. The summed E-state index contributed by atoms with van der Waals surface area (Å²) in [5, 5.41) is 19.8. The Morgan fingerprint density at radius 2 is 1.70 bits per heavy atom. The minimum Gasteiger partial charge on any atom is -0.453 e. The second-order valence-electron chi connectivity index (χ2n) is 10.7. The first kappa shape index (κ1) is 25.1. The van der Waals surface area contributed by atoms with Crippen molar-refractivity contribution in [2.75, 3.05) is 51.3 Å². The number of carbonyl (C=O) groups excluding carboxylic acids is 1. The standard InChI is InChI=1S/C30H35N5O2/c1-37-29(36)35-15-5-8-28(35)30(22-32,25-6-3-2-4-7-25)26-13-16-33(17-14-26)19-24-20-34(21-24)27-11-9-23(18-31)10-12-27/h2-4,6-7,9-12,24,26,28H,5,8,13-17,19-21H2,1H3. The Hall–Kier alpha value is -3.55. The molecule has 0 aromatic heterocycles. The number of piperidine rings is 1. The van der Waals surface area contributed by atoms with Crippen molar-refractivity contribution in [2.45, 2.75) is 37.1 Å². The van der Waals surface area contributed by atoms with Crippen LogP contribution in [0.2, 0.25) is 0 Å². The van der Waals surface area contributed by atoms with Crippen LogP contribution < -0.4 is 4.90 Å². The summed E-state index contributed by atoms with van der Waals surface area (Å²) < 4.78 is 5.11. The molecular weight excluding hydrogens is 462 g/mol. The van der Waals surface area contributed by atoms with Gasteiger partial charge in [-0.15, -0.1) is 0 Å². The van der Waals surface area contributed by atoms with Gasteiger partial charge in [0.15, 0.2) is 0 Å². The van der Waals surface area contributed by atoms with E-state index in [1.54, 1.807) is 4.90 Å². The minimum atomic E-state index is -0.735. The summed E-state index contributed by atoms with van der Waals surface area (Å²) in [6.45, 7) is 5.73. The molecular formula is C30H35N5O2. The van der Waals surface area contributed by atoms with E-state index in [0.717, 1.165) is 64.0 Å². The molecule has 0 spiro atoms. The molecule has 5 rings (SSSR count). The van der Waals surface area contributed by atoms with Gasteiger partial charge >= 0.3 is 6.09 Å². The molecule has 2 unspecified atom stereocenters. The smallest absolute Gasteiger partial charge is 0.409 e. The van der Waals surface area contributed by atoms with Gasteiger partial charge in [0, 0.05) is 37.8 Å². The Bertz CT molecular complexity index is 1160. The maximum absolute atomic E-state index is 12.6. The lowest BCUT2D eigenvalue weighted by Gasteiger charge is -2.48. The van der Waals surface area contributed by atoms with E-state index in [4.69, 9.17) is 10.00 Å². The number of benzene rings is 2. The number of carbonyl (C=O) groups is 1. The molecule has 3 saturated heterocycles. The average molecular weight is 498 g/mol. The van der Waals surface area contributed by atoms with Crippen molar-refractivity contribution in [3.8, 4) is 12.1 Å². The molecule has 2 aromatic rings. The monoisotopic (exact) mass is 497 g/mol. The number of likely N-dealkylation sites (tertiary alicyclic amines) is 2. The van der Waals surface area contributed by atoms with Crippen molar-refractivity contribution < 1.29 is 9.53 Å². The Kier molecular flexibility index (Phi) is 7.35. The lowest BCUT2D eigenvalue weighted by molar-refractivity contribution is 0.0705. The number of ether oxygens (including phenoxy) is 1. The van der Waals surface area contributed by atoms with Crippen molar-refractivity contribution in [3.63, 3.8) is 0 Å². The van der Waals surface area contributed by atoms with Crippen molar-refractivity contribution in [1.29, 1.82) is 10.5 Å². The van der Waals surface area contributed by atoms with E-state index in [0.29, 0.717) is 18.0 Å². The van der Waals surface area contributed by atoms with Gasteiger partial charge in [-0.2, -0.15) is 10.5 Å². The fraction of sp³-hybridized carbons (Fsp3) is 0.500. The number of nitrogens with zero attached hydrogens (tertiary/aromatic N) is 5. The molecule has 3 heterocycles. The normalized spacial score (nSPS) is 22.5. The van der Waals surface area contributed by atoms with Gasteiger partial charge in [-0.05, 0) is 74.5 Å². The summed E-state index contributed by atoms with van der Waals surface area (Å²) in [7, 11) is 1.43. The van der Waals surface area contributed by atoms with Crippen LogP contribution in [0.5, 0.6) is 0 Å². The van der Waals surface area contributed by atoms with E-state index >= 15 is 0 Å². The molecule has 192 valence electrons. The van der Waals surface area contributed by atoms with Gasteiger partial charge < -0.3 is 19.4 Å². The van der Waals surface area contributed by atoms with Crippen LogP contribution in [0.3, 0.4) is 0 Å². The van der Waals surface area contributed by atoms with E-state index in [1.165, 1.54) is 12.8 Å². The minimum absolute atomic E-state index is 0.170. The molecule has 0 radical (unpaired) electrons. The maximum atomic E-state index is 12.6. The Balaban J connectivity index is 1.24. The third-order valence-electron chi connectivity index (χ3n) is 8.69. The van der Waals surface area contributed by atoms with Crippen molar-refractivity contribution >= 4 is 11.8 Å². The summed E-state index contributed by atoms with van der Waals surface area (Å²) in [5.74, 6) is 0.814. The number of anilines is 1. The summed E-state index contributed by atoms with van der Waals surface area (Å²) in [6.07, 6.45) is 3.28. The largest absolute Gasteiger partial charge is 0.453 e. The molecule has 0 bridgehead atoms. The van der Waals surface area contributed by atoms with Crippen LogP contribution in [0, 0.1) is 34.5 Å². The predicted octanol–water partition coefficient (Wildman–Crippen LogP) is 4.40. The molecule has 2 atom stereocenters. The molecule has 0 N–H and O–H groups in total. The molecule has 2 aromatic carbocycles. The molecule has 0 aliphatic carbocycles. The van der Waals surface area contributed by atoms with Crippen molar-refractivity contribution in [3.05, 3.63) is 65.7 Å². The highest BCUT2D eigenvalue weighted by atomic mass is 16.5. The van der Waals surface area contributed by atoms with Gasteiger partial charge in [0.1, 0.15) is 5.41 Å². The lowest BCUT2D eigenvalue weighted by Crippen LogP contribution is -2.56. The van der Waals surface area contributed by atoms with Crippen molar-refractivity contribution in [2.24, 2.45) is 11.8 Å². The summed E-state index contributed by atoms with van der Waals surface area (Å²) in [4.78, 5) is 19.4. The van der Waals surface area contributed by atoms with Gasteiger partial charge in [-0.25, -0.2) is 4.79 Å². The van der Waals surface area contributed by atoms with E-state index in [-0.39, 0.29) is 18.1 Å². The lowest BCUT2D eigenvalue weighted by atomic mass is 9.62. The highest BCUT2D eigenvalue weighted by Crippen LogP contribution is 2.46. The van der Waals surface area contributed by atoms with Crippen LogP contribution >= 0.6 is 0 Å². The van der Waals surface area contributed by atoms with Crippen LogP contribution in [-0.4, -0.2) is 68.3 Å². The zero-order valence-corrected chi connectivity index (χ0v) is 21.6. The van der Waals surface area contributed by atoms with Crippen LogP contribution in [0.15, 0.2) is 54.6 Å². The number of hydrogen-bond donors (Lipinski definition) is 0. The molecule has 0 saturated carbocycles. The van der Waals surface area contributed by atoms with Gasteiger partial charge in [-0.1, -0.05) is 30.3 Å². The summed E-state index contributed by atoms with van der Waals surface area (Å²) in [5.41, 5.74) is 2.16. The van der Waals surface area contributed by atoms with Crippen LogP contribution in [0.4, 0.5) is 10.5 Å². The second kappa shape index (κ2) is 10.8. The van der Waals surface area contributed by atoms with E-state index in [2.05, 4.69) is 34.1 Å². The van der Waals surface area contributed by atoms with E-state index < -0.39 is 5.41 Å². The third-order valence-corrected chi connectivity index (χ3v) is 8.69. The highest BCUT2D eigenvalue weighted by Gasteiger charge is 2.53. The Morgan fingerprint density at radius 3 is 2.32 bits per heavy atom. The molecule has 3 aliphatic rings. The van der Waals surface area contributed by atoms with Gasteiger partial charge in [-0.3, -0.25) is 0 Å². The van der Waals surface area contributed by atoms with Gasteiger partial charge in [0.2, 0.25) is 0 Å². The summed E-state index contributed by atoms with van der Waals surface area (Å²) >= 11 is 0. The Labute approximate surface area is 219 Å². The van der Waals surface area contributed by atoms with Gasteiger partial charge in [0.05, 0.1) is 30.9 Å². The zero-order chi connectivity index (χ0) is 25.8. The first-order valence-electron chi connectivity index (χ1n) is 13.4. The van der Waals surface area contributed by atoms with E-state index in [9.17, 15) is 10.1 Å². The maximum Gasteiger partial charge on any atom is 0.409 e. The first-order valence-corrected chi connectivity index (χ1v) is 13.4. The van der Waals surface area contributed by atoms with Crippen LogP contribution in [0.25, 0.3) is 0 Å². The topological polar surface area (TPSA) is 83.6 Å². The SMILES string of the molecule is COC(=O)N1CCCC1C(C#N)(c1ccccc1)C1CCN(CC2CN(c3ccc(C#N)cc3)C2)CC1. The molecule has 1 amide bonds. The number of nitriles is 2. The predicted molar refractivity (Wildman–Crippen MR) is 142 cm³/mol. The fourth-order valence-electron chi connectivity index (χ4n) is 6.80. The van der Waals surface area contributed by atoms with Crippen LogP contribution in [-0.2, 0) is 10.2 Å². The number of amides is 1. The quantitative estimate of drug-likeness (QED) is 0.588. The molecule has 7 heteroatoms. The first-order chi connectivity index (χ1) is 18.1. The third kappa shape index (κ3) is 4.77.